The van der Waals surface area contributed by atoms with Crippen LogP contribution in [0, 0.1) is 3.57 Å². The summed E-state index contributed by atoms with van der Waals surface area (Å²) in [5, 5.41) is 0.733. The highest BCUT2D eigenvalue weighted by Crippen LogP contribution is 2.32. The van der Waals surface area contributed by atoms with E-state index in [-0.39, 0.29) is 0 Å². The first-order valence-electron chi connectivity index (χ1n) is 8.29. The van der Waals surface area contributed by atoms with Gasteiger partial charge in [0.1, 0.15) is 0 Å². The lowest BCUT2D eigenvalue weighted by Crippen LogP contribution is -1.92. The molecule has 0 saturated heterocycles. The Hall–Kier alpha value is -2.17. The van der Waals surface area contributed by atoms with Crippen LogP contribution in [0.2, 0.25) is 5.02 Å². The summed E-state index contributed by atoms with van der Waals surface area (Å²) in [6.07, 6.45) is 0. The predicted octanol–water partition coefficient (Wildman–Crippen LogP) is 7.34. The van der Waals surface area contributed by atoms with Gasteiger partial charge in [-0.2, -0.15) is 0 Å². The van der Waals surface area contributed by atoms with Gasteiger partial charge in [-0.1, -0.05) is 72.3 Å². The molecule has 0 radical (unpaired) electrons. The molecule has 0 aliphatic heterocycles. The van der Waals surface area contributed by atoms with E-state index in [1.807, 2.05) is 48.5 Å². The van der Waals surface area contributed by atoms with Gasteiger partial charge >= 0.3 is 0 Å². The fraction of sp³-hybridized carbons (Fsp3) is 0. The van der Waals surface area contributed by atoms with Crippen molar-refractivity contribution in [2.75, 3.05) is 0 Å². The summed E-state index contributed by atoms with van der Waals surface area (Å²) in [4.78, 5) is 4.94. The maximum Gasteiger partial charge on any atom is 0.0726 e. The summed E-state index contributed by atoms with van der Waals surface area (Å²) in [6.45, 7) is 0. The van der Waals surface area contributed by atoms with Crippen molar-refractivity contribution < 1.29 is 0 Å². The van der Waals surface area contributed by atoms with Crippen LogP contribution in [0.3, 0.4) is 0 Å². The molecule has 1 heterocycles. The van der Waals surface area contributed by atoms with Crippen molar-refractivity contribution in [3.63, 3.8) is 0 Å². The Labute approximate surface area is 171 Å². The first-order valence-corrected chi connectivity index (χ1v) is 9.75. The minimum absolute atomic E-state index is 0.733. The zero-order valence-corrected chi connectivity index (χ0v) is 16.8. The van der Waals surface area contributed by atoms with Gasteiger partial charge in [0.25, 0.3) is 0 Å². The molecule has 4 aromatic rings. The second kappa shape index (κ2) is 7.60. The Kier molecular flexibility index (Phi) is 5.05. The number of nitrogens with zero attached hydrogens (tertiary/aromatic N) is 1. The van der Waals surface area contributed by atoms with E-state index in [2.05, 4.69) is 65.1 Å². The van der Waals surface area contributed by atoms with Gasteiger partial charge in [-0.25, -0.2) is 4.98 Å². The van der Waals surface area contributed by atoms with Crippen LogP contribution in [0.5, 0.6) is 0 Å². The molecule has 1 aromatic heterocycles. The lowest BCUT2D eigenvalue weighted by Gasteiger charge is -2.11. The molecule has 0 fully saturated rings. The molecular formula is C23H15ClIN. The fourth-order valence-electron chi connectivity index (χ4n) is 2.93. The summed E-state index contributed by atoms with van der Waals surface area (Å²) in [5.41, 5.74) is 6.35. The van der Waals surface area contributed by atoms with Crippen LogP contribution < -0.4 is 0 Å². The second-order valence-electron chi connectivity index (χ2n) is 5.98. The first-order chi connectivity index (χ1) is 12.7. The number of aromatic nitrogens is 1. The molecular weight excluding hydrogens is 453 g/mol. The van der Waals surface area contributed by atoms with E-state index >= 15 is 0 Å². The number of hydrogen-bond donors (Lipinski definition) is 0. The molecule has 3 heteroatoms. The number of benzene rings is 3. The Bertz CT molecular complexity index is 1060. The quantitative estimate of drug-likeness (QED) is 0.287. The maximum atomic E-state index is 6.22. The molecule has 26 heavy (non-hydrogen) atoms. The van der Waals surface area contributed by atoms with Gasteiger partial charge in [-0.15, -0.1) is 0 Å². The van der Waals surface area contributed by atoms with Gasteiger partial charge in [-0.05, 0) is 64.0 Å². The monoisotopic (exact) mass is 467 g/mol. The Balaban J connectivity index is 1.95. The van der Waals surface area contributed by atoms with E-state index < -0.39 is 0 Å². The number of halogens is 2. The van der Waals surface area contributed by atoms with Gasteiger partial charge in [0, 0.05) is 19.7 Å². The molecule has 0 bridgehead atoms. The van der Waals surface area contributed by atoms with Crippen molar-refractivity contribution in [1.82, 2.24) is 4.98 Å². The molecule has 0 atom stereocenters. The molecule has 0 spiro atoms. The van der Waals surface area contributed by atoms with Gasteiger partial charge < -0.3 is 0 Å². The number of rotatable bonds is 3. The molecule has 126 valence electrons. The highest BCUT2D eigenvalue weighted by atomic mass is 127. The predicted molar refractivity (Wildman–Crippen MR) is 118 cm³/mol. The summed E-state index contributed by atoms with van der Waals surface area (Å²) in [6, 6.07) is 30.8. The standard InChI is InChI=1S/C23H15ClIN/c24-19-10-6-9-17(13-19)18-14-22(16-7-2-1-3-8-16)26-23(15-18)20-11-4-5-12-21(20)25/h1-15H. The van der Waals surface area contributed by atoms with Crippen LogP contribution in [0.4, 0.5) is 0 Å². The minimum atomic E-state index is 0.733. The number of hydrogen-bond acceptors (Lipinski definition) is 1. The zero-order valence-electron chi connectivity index (χ0n) is 13.9. The third-order valence-electron chi connectivity index (χ3n) is 4.20. The number of pyridine rings is 1. The van der Waals surface area contributed by atoms with E-state index in [1.165, 1.54) is 3.57 Å². The van der Waals surface area contributed by atoms with E-state index in [4.69, 9.17) is 16.6 Å². The van der Waals surface area contributed by atoms with Gasteiger partial charge in [0.2, 0.25) is 0 Å². The lowest BCUT2D eigenvalue weighted by atomic mass is 10.00. The third kappa shape index (κ3) is 3.67. The molecule has 0 unspecified atom stereocenters. The van der Waals surface area contributed by atoms with Crippen LogP contribution in [0.1, 0.15) is 0 Å². The Morgan fingerprint density at radius 3 is 2.08 bits per heavy atom. The largest absolute Gasteiger partial charge is 0.248 e. The molecule has 0 amide bonds. The van der Waals surface area contributed by atoms with Crippen molar-refractivity contribution in [3.05, 3.63) is 99.6 Å². The first kappa shape index (κ1) is 17.3. The third-order valence-corrected chi connectivity index (χ3v) is 5.38. The summed E-state index contributed by atoms with van der Waals surface area (Å²) >= 11 is 8.58. The Morgan fingerprint density at radius 1 is 0.615 bits per heavy atom. The lowest BCUT2D eigenvalue weighted by molar-refractivity contribution is 1.32. The van der Waals surface area contributed by atoms with E-state index in [0.717, 1.165) is 38.7 Å². The van der Waals surface area contributed by atoms with Crippen molar-refractivity contribution in [2.24, 2.45) is 0 Å². The van der Waals surface area contributed by atoms with E-state index in [0.29, 0.717) is 0 Å². The molecule has 0 aliphatic carbocycles. The second-order valence-corrected chi connectivity index (χ2v) is 7.58. The average Bonchev–Trinajstić information content (AvgIpc) is 2.69. The topological polar surface area (TPSA) is 12.9 Å². The zero-order chi connectivity index (χ0) is 17.9. The maximum absolute atomic E-state index is 6.22. The van der Waals surface area contributed by atoms with E-state index in [9.17, 15) is 0 Å². The molecule has 4 rings (SSSR count). The van der Waals surface area contributed by atoms with Gasteiger partial charge in [0.15, 0.2) is 0 Å². The van der Waals surface area contributed by atoms with Gasteiger partial charge in [-0.3, -0.25) is 0 Å². The van der Waals surface area contributed by atoms with Crippen LogP contribution in [-0.2, 0) is 0 Å². The van der Waals surface area contributed by atoms with Crippen LogP contribution in [0.15, 0.2) is 91.0 Å². The SMILES string of the molecule is Clc1cccc(-c2cc(-c3ccccc3)nc(-c3ccccc3I)c2)c1. The van der Waals surface area contributed by atoms with E-state index in [1.54, 1.807) is 0 Å². The van der Waals surface area contributed by atoms with Crippen LogP contribution in [-0.4, -0.2) is 4.98 Å². The van der Waals surface area contributed by atoms with Crippen molar-refractivity contribution in [2.45, 2.75) is 0 Å². The highest BCUT2D eigenvalue weighted by molar-refractivity contribution is 14.1. The Morgan fingerprint density at radius 2 is 1.31 bits per heavy atom. The van der Waals surface area contributed by atoms with Crippen LogP contribution in [0.25, 0.3) is 33.6 Å². The van der Waals surface area contributed by atoms with Crippen LogP contribution >= 0.6 is 34.2 Å². The van der Waals surface area contributed by atoms with Crippen molar-refractivity contribution in [1.29, 1.82) is 0 Å². The fourth-order valence-corrected chi connectivity index (χ4v) is 3.78. The van der Waals surface area contributed by atoms with Crippen molar-refractivity contribution in [3.8, 4) is 33.6 Å². The normalized spacial score (nSPS) is 10.7. The molecule has 0 N–H and O–H groups in total. The van der Waals surface area contributed by atoms with Gasteiger partial charge in [0.05, 0.1) is 11.4 Å². The summed E-state index contributed by atoms with van der Waals surface area (Å²) in [7, 11) is 0. The molecule has 1 nitrogen and oxygen atoms in total. The molecule has 3 aromatic carbocycles. The highest BCUT2D eigenvalue weighted by Gasteiger charge is 2.10. The molecule has 0 aliphatic rings. The summed E-state index contributed by atoms with van der Waals surface area (Å²) < 4.78 is 1.18. The summed E-state index contributed by atoms with van der Waals surface area (Å²) in [5.74, 6) is 0. The minimum Gasteiger partial charge on any atom is -0.248 e. The van der Waals surface area contributed by atoms with Crippen molar-refractivity contribution >= 4 is 34.2 Å². The molecule has 0 saturated carbocycles. The average molecular weight is 468 g/mol. The smallest absolute Gasteiger partial charge is 0.0726 e.